The molecule has 1 amide bonds. The fraction of sp³-hybridized carbons (Fsp3) is 0.500. The van der Waals surface area contributed by atoms with E-state index in [9.17, 15) is 14.7 Å². The van der Waals surface area contributed by atoms with Crippen LogP contribution in [-0.4, -0.2) is 65.3 Å². The Morgan fingerprint density at radius 2 is 1.86 bits per heavy atom. The van der Waals surface area contributed by atoms with E-state index in [1.807, 2.05) is 13.1 Å². The Hall–Kier alpha value is -1.92. The van der Waals surface area contributed by atoms with Gasteiger partial charge in [-0.25, -0.2) is 4.79 Å². The third-order valence-corrected chi connectivity index (χ3v) is 4.55. The van der Waals surface area contributed by atoms with Crippen LogP contribution in [0.3, 0.4) is 0 Å². The van der Waals surface area contributed by atoms with Crippen molar-refractivity contribution in [3.63, 3.8) is 0 Å². The van der Waals surface area contributed by atoms with Gasteiger partial charge in [-0.05, 0) is 19.2 Å². The van der Waals surface area contributed by atoms with Crippen LogP contribution in [-0.2, 0) is 9.53 Å². The van der Waals surface area contributed by atoms with Gasteiger partial charge in [0.2, 0.25) is 0 Å². The fourth-order valence-corrected chi connectivity index (χ4v) is 3.24. The van der Waals surface area contributed by atoms with Crippen LogP contribution in [0, 0.1) is 0 Å². The zero-order chi connectivity index (χ0) is 15.7. The van der Waals surface area contributed by atoms with Gasteiger partial charge >= 0.3 is 5.97 Å². The molecule has 0 saturated carbocycles. The minimum atomic E-state index is -1.01. The van der Waals surface area contributed by atoms with Gasteiger partial charge in [0, 0.05) is 31.5 Å². The lowest BCUT2D eigenvalue weighted by Crippen LogP contribution is -2.57. The summed E-state index contributed by atoms with van der Waals surface area (Å²) >= 11 is 0. The topological polar surface area (TPSA) is 70.1 Å². The summed E-state index contributed by atoms with van der Waals surface area (Å²) in [6.45, 7) is 1.62. The summed E-state index contributed by atoms with van der Waals surface area (Å²) in [6.07, 6.45) is 1.26. The van der Waals surface area contributed by atoms with E-state index < -0.39 is 17.7 Å². The molecule has 6 nitrogen and oxygen atoms in total. The van der Waals surface area contributed by atoms with Crippen LogP contribution < -0.4 is 0 Å². The Morgan fingerprint density at radius 1 is 1.23 bits per heavy atom. The van der Waals surface area contributed by atoms with E-state index in [2.05, 4.69) is 4.90 Å². The van der Waals surface area contributed by atoms with Crippen molar-refractivity contribution in [1.29, 1.82) is 0 Å². The molecular formula is C16H20N2O4. The smallest absolute Gasteiger partial charge is 0.328 e. The van der Waals surface area contributed by atoms with E-state index in [0.29, 0.717) is 18.4 Å². The SMILES string of the molecule is CN1CCC2(CC1)OC[C@@H](C(=O)O)N2C(=O)c1ccccc1. The number of likely N-dealkylation sites (tertiary alicyclic amines) is 1. The molecule has 1 N–H and O–H groups in total. The number of rotatable bonds is 2. The van der Waals surface area contributed by atoms with Crippen LogP contribution in [0.4, 0.5) is 0 Å². The standard InChI is InChI=1S/C16H20N2O4/c1-17-9-7-16(8-10-17)18(13(11-22-16)15(20)21)14(19)12-5-3-2-4-6-12/h2-6,13H,7-11H2,1H3,(H,20,21)/t13-/m0/s1. The first-order valence-corrected chi connectivity index (χ1v) is 7.47. The highest BCUT2D eigenvalue weighted by Gasteiger charge is 2.53. The first-order valence-electron chi connectivity index (χ1n) is 7.47. The van der Waals surface area contributed by atoms with E-state index in [4.69, 9.17) is 4.74 Å². The number of aliphatic carboxylic acids is 1. The maximum atomic E-state index is 12.9. The molecule has 6 heteroatoms. The Balaban J connectivity index is 1.94. The second-order valence-electron chi connectivity index (χ2n) is 5.96. The number of benzene rings is 1. The number of hydrogen-bond acceptors (Lipinski definition) is 4. The van der Waals surface area contributed by atoms with Crippen molar-refractivity contribution in [2.24, 2.45) is 0 Å². The molecule has 2 aliphatic rings. The Kier molecular flexibility index (Phi) is 3.88. The first kappa shape index (κ1) is 15.0. The molecule has 1 spiro atoms. The van der Waals surface area contributed by atoms with Crippen LogP contribution in [0.15, 0.2) is 30.3 Å². The molecule has 1 aromatic rings. The lowest BCUT2D eigenvalue weighted by molar-refractivity contribution is -0.143. The largest absolute Gasteiger partial charge is 0.480 e. The fourth-order valence-electron chi connectivity index (χ4n) is 3.24. The van der Waals surface area contributed by atoms with Gasteiger partial charge in [0.15, 0.2) is 6.04 Å². The molecule has 1 aromatic carbocycles. The maximum absolute atomic E-state index is 12.9. The minimum absolute atomic E-state index is 0.0532. The average Bonchev–Trinajstić information content (AvgIpc) is 2.90. The number of carboxylic acids is 1. The molecule has 118 valence electrons. The zero-order valence-corrected chi connectivity index (χ0v) is 12.6. The van der Waals surface area contributed by atoms with Crippen molar-refractivity contribution in [2.45, 2.75) is 24.6 Å². The molecule has 2 heterocycles. The van der Waals surface area contributed by atoms with Crippen molar-refractivity contribution in [2.75, 3.05) is 26.7 Å². The van der Waals surface area contributed by atoms with Gasteiger partial charge in [-0.15, -0.1) is 0 Å². The van der Waals surface area contributed by atoms with Gasteiger partial charge in [-0.3, -0.25) is 9.69 Å². The minimum Gasteiger partial charge on any atom is -0.480 e. The quantitative estimate of drug-likeness (QED) is 0.884. The van der Waals surface area contributed by atoms with Crippen molar-refractivity contribution >= 4 is 11.9 Å². The van der Waals surface area contributed by atoms with E-state index in [0.717, 1.165) is 13.1 Å². The van der Waals surface area contributed by atoms with Gasteiger partial charge in [-0.2, -0.15) is 0 Å². The van der Waals surface area contributed by atoms with Crippen molar-refractivity contribution < 1.29 is 19.4 Å². The second kappa shape index (κ2) is 5.70. The molecule has 2 saturated heterocycles. The Labute approximate surface area is 129 Å². The Bertz CT molecular complexity index is 567. The Morgan fingerprint density at radius 3 is 2.45 bits per heavy atom. The summed E-state index contributed by atoms with van der Waals surface area (Å²) in [4.78, 5) is 28.1. The van der Waals surface area contributed by atoms with E-state index in [-0.39, 0.29) is 12.5 Å². The first-order chi connectivity index (χ1) is 10.5. The van der Waals surface area contributed by atoms with Crippen molar-refractivity contribution in [1.82, 2.24) is 9.80 Å². The molecule has 2 fully saturated rings. The predicted octanol–water partition coefficient (Wildman–Crippen LogP) is 1.03. The van der Waals surface area contributed by atoms with Crippen LogP contribution in [0.25, 0.3) is 0 Å². The summed E-state index contributed by atoms with van der Waals surface area (Å²) in [5.74, 6) is -1.28. The monoisotopic (exact) mass is 304 g/mol. The third kappa shape index (κ3) is 2.48. The molecule has 0 aliphatic carbocycles. The summed E-state index contributed by atoms with van der Waals surface area (Å²) in [5, 5.41) is 9.46. The molecular weight excluding hydrogens is 284 g/mol. The van der Waals surface area contributed by atoms with Crippen LogP contribution in [0.5, 0.6) is 0 Å². The summed E-state index contributed by atoms with van der Waals surface area (Å²) in [6, 6.07) is 7.89. The van der Waals surface area contributed by atoms with Gasteiger partial charge in [0.25, 0.3) is 5.91 Å². The van der Waals surface area contributed by atoms with E-state index in [1.54, 1.807) is 24.3 Å². The highest BCUT2D eigenvalue weighted by Crippen LogP contribution is 2.38. The third-order valence-electron chi connectivity index (χ3n) is 4.55. The maximum Gasteiger partial charge on any atom is 0.328 e. The molecule has 0 unspecified atom stereocenters. The number of nitrogens with zero attached hydrogens (tertiary/aromatic N) is 2. The van der Waals surface area contributed by atoms with Crippen molar-refractivity contribution in [3.05, 3.63) is 35.9 Å². The van der Waals surface area contributed by atoms with Crippen LogP contribution in [0.2, 0.25) is 0 Å². The summed E-state index contributed by atoms with van der Waals surface area (Å²) < 4.78 is 5.86. The molecule has 0 radical (unpaired) electrons. The average molecular weight is 304 g/mol. The van der Waals surface area contributed by atoms with Gasteiger partial charge in [-0.1, -0.05) is 18.2 Å². The van der Waals surface area contributed by atoms with Gasteiger partial charge < -0.3 is 14.7 Å². The highest BCUT2D eigenvalue weighted by atomic mass is 16.5. The number of ether oxygens (including phenoxy) is 1. The number of amides is 1. The van der Waals surface area contributed by atoms with E-state index >= 15 is 0 Å². The zero-order valence-electron chi connectivity index (χ0n) is 12.6. The molecule has 3 rings (SSSR count). The molecule has 2 aliphatic heterocycles. The van der Waals surface area contributed by atoms with E-state index in [1.165, 1.54) is 4.90 Å². The molecule has 0 aromatic heterocycles. The normalized spacial score (nSPS) is 24.6. The lowest BCUT2D eigenvalue weighted by Gasteiger charge is -2.43. The number of carbonyl (C=O) groups excluding carboxylic acids is 1. The number of carboxylic acid groups (broad SMARTS) is 1. The van der Waals surface area contributed by atoms with Gasteiger partial charge in [0.1, 0.15) is 5.72 Å². The number of piperidine rings is 1. The predicted molar refractivity (Wildman–Crippen MR) is 79.4 cm³/mol. The second-order valence-corrected chi connectivity index (χ2v) is 5.96. The van der Waals surface area contributed by atoms with Gasteiger partial charge in [0.05, 0.1) is 6.61 Å². The van der Waals surface area contributed by atoms with Crippen LogP contribution in [0.1, 0.15) is 23.2 Å². The lowest BCUT2D eigenvalue weighted by atomic mass is 9.97. The number of hydrogen-bond donors (Lipinski definition) is 1. The summed E-state index contributed by atoms with van der Waals surface area (Å²) in [5.41, 5.74) is -0.291. The molecule has 0 bridgehead atoms. The molecule has 22 heavy (non-hydrogen) atoms. The molecule has 1 atom stereocenters. The number of carbonyl (C=O) groups is 2. The van der Waals surface area contributed by atoms with Crippen LogP contribution >= 0.6 is 0 Å². The highest BCUT2D eigenvalue weighted by molar-refractivity contribution is 5.97. The summed E-state index contributed by atoms with van der Waals surface area (Å²) in [7, 11) is 2.01. The van der Waals surface area contributed by atoms with Crippen molar-refractivity contribution in [3.8, 4) is 0 Å².